The molecule has 0 saturated carbocycles. The molecule has 0 bridgehead atoms. The molecule has 2 aromatic rings. The summed E-state index contributed by atoms with van der Waals surface area (Å²) < 4.78 is 10.6. The lowest BCUT2D eigenvalue weighted by molar-refractivity contribution is 0.0965. The van der Waals surface area contributed by atoms with Crippen LogP contribution in [0.4, 0.5) is 0 Å². The topological polar surface area (TPSA) is 59.9 Å². The summed E-state index contributed by atoms with van der Waals surface area (Å²) in [6, 6.07) is 16.8. The molecule has 1 amide bonds. The van der Waals surface area contributed by atoms with E-state index in [0.29, 0.717) is 17.9 Å². The number of ether oxygens (including phenoxy) is 2. The summed E-state index contributed by atoms with van der Waals surface area (Å²) in [6.45, 7) is 4.21. The third-order valence-corrected chi connectivity index (χ3v) is 3.43. The second-order valence-electron chi connectivity index (χ2n) is 5.14. The van der Waals surface area contributed by atoms with Crippen LogP contribution in [0.5, 0.6) is 5.75 Å². The van der Waals surface area contributed by atoms with E-state index in [9.17, 15) is 4.79 Å². The van der Waals surface area contributed by atoms with Gasteiger partial charge in [-0.2, -0.15) is 0 Å². The summed E-state index contributed by atoms with van der Waals surface area (Å²) in [6.07, 6.45) is 0. The van der Waals surface area contributed by atoms with E-state index < -0.39 is 0 Å². The van der Waals surface area contributed by atoms with Gasteiger partial charge in [-0.05, 0) is 37.6 Å². The lowest BCUT2D eigenvalue weighted by Crippen LogP contribution is -2.33. The molecule has 5 heteroatoms. The highest BCUT2D eigenvalue weighted by Gasteiger charge is 2.12. The number of amidine groups is 1. The van der Waals surface area contributed by atoms with Gasteiger partial charge < -0.3 is 9.47 Å². The molecule has 0 aliphatic heterocycles. The van der Waals surface area contributed by atoms with Gasteiger partial charge in [-0.3, -0.25) is 10.1 Å². The number of rotatable bonds is 5. The minimum atomic E-state index is -0.290. The van der Waals surface area contributed by atoms with Crippen molar-refractivity contribution in [2.75, 3.05) is 13.7 Å². The Bertz CT molecular complexity index is 699. The first-order chi connectivity index (χ1) is 11.6. The minimum Gasteiger partial charge on any atom is -0.497 e. The molecule has 0 fully saturated rings. The van der Waals surface area contributed by atoms with Crippen LogP contribution < -0.4 is 10.1 Å². The van der Waals surface area contributed by atoms with Gasteiger partial charge in [0.05, 0.1) is 19.8 Å². The van der Waals surface area contributed by atoms with Crippen LogP contribution in [0.3, 0.4) is 0 Å². The van der Waals surface area contributed by atoms with Crippen LogP contribution in [0.25, 0.3) is 0 Å². The summed E-state index contributed by atoms with van der Waals surface area (Å²) in [5.74, 6) is 0.330. The fourth-order valence-electron chi connectivity index (χ4n) is 2.16. The molecule has 0 aliphatic rings. The summed E-state index contributed by atoms with van der Waals surface area (Å²) in [7, 11) is 1.56. The van der Waals surface area contributed by atoms with Crippen molar-refractivity contribution in [1.29, 1.82) is 0 Å². The Labute approximate surface area is 142 Å². The summed E-state index contributed by atoms with van der Waals surface area (Å²) in [5, 5.41) is 2.72. The maximum atomic E-state index is 12.4. The van der Waals surface area contributed by atoms with Crippen molar-refractivity contribution < 1.29 is 14.3 Å². The number of hydrogen-bond donors (Lipinski definition) is 1. The Hall–Kier alpha value is -2.82. The molecular weight excluding hydrogens is 304 g/mol. The molecule has 2 rings (SSSR count). The van der Waals surface area contributed by atoms with Gasteiger partial charge in [0.2, 0.25) is 0 Å². The molecule has 0 radical (unpaired) electrons. The fourth-order valence-corrected chi connectivity index (χ4v) is 2.16. The zero-order valence-electron chi connectivity index (χ0n) is 14.2. The largest absolute Gasteiger partial charge is 0.497 e. The fraction of sp³-hybridized carbons (Fsp3) is 0.263. The molecule has 5 nitrogen and oxygen atoms in total. The van der Waals surface area contributed by atoms with Gasteiger partial charge in [0, 0.05) is 5.56 Å². The van der Waals surface area contributed by atoms with E-state index in [-0.39, 0.29) is 18.0 Å². The number of hydrogen-bond acceptors (Lipinski definition) is 4. The Balaban J connectivity index is 2.15. The number of nitrogens with zero attached hydrogens (tertiary/aromatic N) is 1. The molecule has 0 unspecified atom stereocenters. The number of aliphatic imine (C=N–C) groups is 1. The van der Waals surface area contributed by atoms with Gasteiger partial charge in [-0.1, -0.05) is 36.4 Å². The van der Waals surface area contributed by atoms with E-state index in [2.05, 4.69) is 10.3 Å². The second kappa shape index (κ2) is 8.72. The van der Waals surface area contributed by atoms with Crippen molar-refractivity contribution >= 4 is 11.9 Å². The van der Waals surface area contributed by atoms with Crippen LogP contribution in [-0.4, -0.2) is 25.6 Å². The van der Waals surface area contributed by atoms with Crippen molar-refractivity contribution in [1.82, 2.24) is 5.32 Å². The van der Waals surface area contributed by atoms with E-state index >= 15 is 0 Å². The second-order valence-corrected chi connectivity index (χ2v) is 5.14. The Kier molecular flexibility index (Phi) is 6.37. The van der Waals surface area contributed by atoms with Crippen molar-refractivity contribution in [3.63, 3.8) is 0 Å². The SMILES string of the molecule is CCOC(=N[C@@H](C)c1ccccc1)NC(=O)c1cccc(OC)c1. The highest BCUT2D eigenvalue weighted by molar-refractivity contribution is 6.04. The number of benzene rings is 2. The van der Waals surface area contributed by atoms with Crippen molar-refractivity contribution in [3.8, 4) is 5.75 Å². The van der Waals surface area contributed by atoms with E-state index in [1.165, 1.54) is 0 Å². The maximum absolute atomic E-state index is 12.4. The van der Waals surface area contributed by atoms with E-state index in [1.807, 2.05) is 44.2 Å². The van der Waals surface area contributed by atoms with Crippen molar-refractivity contribution in [2.45, 2.75) is 19.9 Å². The van der Waals surface area contributed by atoms with Crippen LogP contribution in [0.15, 0.2) is 59.6 Å². The molecule has 0 aliphatic carbocycles. The molecule has 1 N–H and O–H groups in total. The Morgan fingerprint density at radius 2 is 1.92 bits per heavy atom. The van der Waals surface area contributed by atoms with Crippen LogP contribution in [-0.2, 0) is 4.74 Å². The summed E-state index contributed by atoms with van der Waals surface area (Å²) in [5.41, 5.74) is 1.53. The average molecular weight is 326 g/mol. The number of nitrogens with one attached hydrogen (secondary N) is 1. The van der Waals surface area contributed by atoms with E-state index in [4.69, 9.17) is 9.47 Å². The minimum absolute atomic E-state index is 0.127. The number of carbonyl (C=O) groups excluding carboxylic acids is 1. The molecule has 0 heterocycles. The lowest BCUT2D eigenvalue weighted by Gasteiger charge is -2.13. The third kappa shape index (κ3) is 4.84. The van der Waals surface area contributed by atoms with Crippen molar-refractivity contribution in [3.05, 3.63) is 65.7 Å². The molecule has 0 aromatic heterocycles. The predicted octanol–water partition coefficient (Wildman–Crippen LogP) is 3.58. The highest BCUT2D eigenvalue weighted by atomic mass is 16.5. The number of amides is 1. The first-order valence-corrected chi connectivity index (χ1v) is 7.85. The van der Waals surface area contributed by atoms with Crippen molar-refractivity contribution in [2.24, 2.45) is 4.99 Å². The Morgan fingerprint density at radius 3 is 2.58 bits per heavy atom. The quantitative estimate of drug-likeness (QED) is 0.675. The van der Waals surface area contributed by atoms with Gasteiger partial charge in [0.15, 0.2) is 0 Å². The molecular formula is C19H22N2O3. The van der Waals surface area contributed by atoms with E-state index in [0.717, 1.165) is 5.56 Å². The molecule has 0 spiro atoms. The van der Waals surface area contributed by atoms with Crippen LogP contribution in [0, 0.1) is 0 Å². The first-order valence-electron chi connectivity index (χ1n) is 7.85. The molecule has 126 valence electrons. The smallest absolute Gasteiger partial charge is 0.292 e. The molecule has 2 aromatic carbocycles. The Morgan fingerprint density at radius 1 is 1.17 bits per heavy atom. The average Bonchev–Trinajstić information content (AvgIpc) is 2.62. The number of carbonyl (C=O) groups is 1. The van der Waals surface area contributed by atoms with Gasteiger partial charge in [0.25, 0.3) is 11.9 Å². The zero-order chi connectivity index (χ0) is 17.4. The first kappa shape index (κ1) is 17.5. The molecule has 1 atom stereocenters. The van der Waals surface area contributed by atoms with Gasteiger partial charge in [-0.15, -0.1) is 0 Å². The van der Waals surface area contributed by atoms with Gasteiger partial charge in [0.1, 0.15) is 5.75 Å². The molecule has 0 saturated heterocycles. The zero-order valence-corrected chi connectivity index (χ0v) is 14.2. The monoisotopic (exact) mass is 326 g/mol. The van der Waals surface area contributed by atoms with Gasteiger partial charge in [-0.25, -0.2) is 4.99 Å². The normalized spacial score (nSPS) is 12.4. The van der Waals surface area contributed by atoms with E-state index in [1.54, 1.807) is 31.4 Å². The summed E-state index contributed by atoms with van der Waals surface area (Å²) in [4.78, 5) is 16.9. The standard InChI is InChI=1S/C19H22N2O3/c1-4-24-19(20-14(2)15-9-6-5-7-10-15)21-18(22)16-11-8-12-17(13-16)23-3/h5-14H,4H2,1-3H3,(H,20,21,22)/t14-/m0/s1. The van der Waals surface area contributed by atoms with Crippen LogP contribution >= 0.6 is 0 Å². The van der Waals surface area contributed by atoms with Gasteiger partial charge >= 0.3 is 0 Å². The molecule has 24 heavy (non-hydrogen) atoms. The third-order valence-electron chi connectivity index (χ3n) is 3.43. The van der Waals surface area contributed by atoms with Crippen LogP contribution in [0.2, 0.25) is 0 Å². The van der Waals surface area contributed by atoms with Crippen LogP contribution in [0.1, 0.15) is 35.8 Å². The summed E-state index contributed by atoms with van der Waals surface area (Å²) >= 11 is 0. The predicted molar refractivity (Wildman–Crippen MR) is 94.4 cm³/mol. The highest BCUT2D eigenvalue weighted by Crippen LogP contribution is 2.16. The number of methoxy groups -OCH3 is 1. The lowest BCUT2D eigenvalue weighted by atomic mass is 10.1. The maximum Gasteiger partial charge on any atom is 0.292 e.